The van der Waals surface area contributed by atoms with Crippen molar-refractivity contribution in [3.63, 3.8) is 0 Å². The summed E-state index contributed by atoms with van der Waals surface area (Å²) in [5, 5.41) is 1.98. The highest BCUT2D eigenvalue weighted by molar-refractivity contribution is 5.20. The van der Waals surface area contributed by atoms with Gasteiger partial charge < -0.3 is 4.84 Å². The van der Waals surface area contributed by atoms with Gasteiger partial charge in [-0.15, -0.1) is 0 Å². The Balaban J connectivity index is 2.16. The highest BCUT2D eigenvalue weighted by Gasteiger charge is 2.23. The molecule has 0 aromatic heterocycles. The number of piperidine rings is 1. The maximum atomic E-state index is 12.8. The first-order valence-corrected chi connectivity index (χ1v) is 5.37. The molecule has 1 aromatic carbocycles. The van der Waals surface area contributed by atoms with Crippen LogP contribution in [0.1, 0.15) is 30.9 Å². The van der Waals surface area contributed by atoms with E-state index in [0.29, 0.717) is 0 Å². The van der Waals surface area contributed by atoms with Crippen LogP contribution >= 0.6 is 0 Å². The van der Waals surface area contributed by atoms with E-state index in [0.717, 1.165) is 18.5 Å². The fourth-order valence-corrected chi connectivity index (χ4v) is 2.14. The zero-order valence-electron chi connectivity index (χ0n) is 8.95. The molecule has 0 aliphatic carbocycles. The Hall–Kier alpha value is -0.930. The summed E-state index contributed by atoms with van der Waals surface area (Å²) in [5.74, 6) is -0.182. The molecule has 0 amide bonds. The Labute approximate surface area is 89.6 Å². The van der Waals surface area contributed by atoms with Gasteiger partial charge >= 0.3 is 0 Å². The molecule has 1 aliphatic rings. The first-order chi connectivity index (χ1) is 7.31. The van der Waals surface area contributed by atoms with Crippen LogP contribution in [-0.2, 0) is 4.84 Å². The van der Waals surface area contributed by atoms with Gasteiger partial charge in [0.05, 0.1) is 13.2 Å². The molecule has 15 heavy (non-hydrogen) atoms. The van der Waals surface area contributed by atoms with E-state index >= 15 is 0 Å². The lowest BCUT2D eigenvalue weighted by molar-refractivity contribution is -0.176. The van der Waals surface area contributed by atoms with Crippen molar-refractivity contribution in [3.05, 3.63) is 35.6 Å². The smallest absolute Gasteiger partial charge is 0.123 e. The van der Waals surface area contributed by atoms with E-state index in [2.05, 4.69) is 0 Å². The molecule has 0 spiro atoms. The summed E-state index contributed by atoms with van der Waals surface area (Å²) in [4.78, 5) is 5.33. The number of hydroxylamine groups is 2. The summed E-state index contributed by atoms with van der Waals surface area (Å²) >= 11 is 0. The number of nitrogens with zero attached hydrogens (tertiary/aromatic N) is 1. The van der Waals surface area contributed by atoms with Gasteiger partial charge in [-0.05, 0) is 30.5 Å². The number of benzene rings is 1. The largest absolute Gasteiger partial charge is 0.302 e. The van der Waals surface area contributed by atoms with Crippen molar-refractivity contribution >= 4 is 0 Å². The fraction of sp³-hybridized carbons (Fsp3) is 0.500. The first-order valence-electron chi connectivity index (χ1n) is 5.37. The molecule has 0 bridgehead atoms. The minimum Gasteiger partial charge on any atom is -0.302 e. The van der Waals surface area contributed by atoms with Crippen LogP contribution in [0.5, 0.6) is 0 Å². The van der Waals surface area contributed by atoms with Crippen molar-refractivity contribution in [1.29, 1.82) is 0 Å². The minimum atomic E-state index is -0.182. The van der Waals surface area contributed by atoms with E-state index in [1.807, 2.05) is 17.2 Å². The maximum Gasteiger partial charge on any atom is 0.123 e. The molecule has 1 heterocycles. The second-order valence-electron chi connectivity index (χ2n) is 3.89. The molecule has 3 heteroatoms. The van der Waals surface area contributed by atoms with Gasteiger partial charge in [0.2, 0.25) is 0 Å². The predicted molar refractivity (Wildman–Crippen MR) is 56.7 cm³/mol. The predicted octanol–water partition coefficient (Wildman–Crippen LogP) is 2.91. The Kier molecular flexibility index (Phi) is 3.34. The maximum absolute atomic E-state index is 12.8. The normalized spacial score (nSPS) is 22.9. The third-order valence-electron chi connectivity index (χ3n) is 2.94. The SMILES string of the molecule is CON1CCCCC1c1ccc(F)cc1. The van der Waals surface area contributed by atoms with Crippen LogP contribution in [0.15, 0.2) is 24.3 Å². The van der Waals surface area contributed by atoms with Gasteiger partial charge in [0.15, 0.2) is 0 Å². The Morgan fingerprint density at radius 2 is 2.00 bits per heavy atom. The molecule has 1 aliphatic heterocycles. The van der Waals surface area contributed by atoms with Crippen LogP contribution in [0.25, 0.3) is 0 Å². The van der Waals surface area contributed by atoms with Crippen molar-refractivity contribution < 1.29 is 9.23 Å². The van der Waals surface area contributed by atoms with Gasteiger partial charge in [0.1, 0.15) is 5.82 Å². The van der Waals surface area contributed by atoms with Crippen molar-refractivity contribution in [1.82, 2.24) is 5.06 Å². The molecule has 2 rings (SSSR count). The molecule has 1 aromatic rings. The van der Waals surface area contributed by atoms with Gasteiger partial charge in [0, 0.05) is 6.54 Å². The van der Waals surface area contributed by atoms with E-state index in [1.165, 1.54) is 25.0 Å². The molecule has 0 radical (unpaired) electrons. The number of halogens is 1. The second-order valence-corrected chi connectivity index (χ2v) is 3.89. The minimum absolute atomic E-state index is 0.182. The summed E-state index contributed by atoms with van der Waals surface area (Å²) in [6.07, 6.45) is 3.47. The van der Waals surface area contributed by atoms with Gasteiger partial charge in [0.25, 0.3) is 0 Å². The molecule has 1 fully saturated rings. The first kappa shape index (κ1) is 10.6. The molecule has 0 N–H and O–H groups in total. The van der Waals surface area contributed by atoms with Gasteiger partial charge in [-0.25, -0.2) is 4.39 Å². The van der Waals surface area contributed by atoms with Gasteiger partial charge in [-0.1, -0.05) is 18.6 Å². The van der Waals surface area contributed by atoms with Crippen LogP contribution < -0.4 is 0 Å². The lowest BCUT2D eigenvalue weighted by atomic mass is 9.97. The van der Waals surface area contributed by atoms with E-state index in [9.17, 15) is 4.39 Å². The monoisotopic (exact) mass is 209 g/mol. The van der Waals surface area contributed by atoms with E-state index < -0.39 is 0 Å². The van der Waals surface area contributed by atoms with Crippen LogP contribution in [0.3, 0.4) is 0 Å². The molecule has 82 valence electrons. The van der Waals surface area contributed by atoms with Gasteiger partial charge in [-0.2, -0.15) is 5.06 Å². The second kappa shape index (κ2) is 4.73. The van der Waals surface area contributed by atoms with E-state index in [1.54, 1.807) is 7.11 Å². The van der Waals surface area contributed by atoms with Crippen molar-refractivity contribution in [2.75, 3.05) is 13.7 Å². The topological polar surface area (TPSA) is 12.5 Å². The Morgan fingerprint density at radius 1 is 1.27 bits per heavy atom. The van der Waals surface area contributed by atoms with E-state index in [4.69, 9.17) is 4.84 Å². The summed E-state index contributed by atoms with van der Waals surface area (Å²) < 4.78 is 12.8. The van der Waals surface area contributed by atoms with Crippen molar-refractivity contribution in [2.45, 2.75) is 25.3 Å². The summed E-state index contributed by atoms with van der Waals surface area (Å²) in [7, 11) is 1.70. The van der Waals surface area contributed by atoms with E-state index in [-0.39, 0.29) is 11.9 Å². The fourth-order valence-electron chi connectivity index (χ4n) is 2.14. The lowest BCUT2D eigenvalue weighted by Crippen LogP contribution is -2.32. The Morgan fingerprint density at radius 3 is 2.67 bits per heavy atom. The third kappa shape index (κ3) is 2.36. The molecular formula is C12H16FNO. The number of hydrogen-bond acceptors (Lipinski definition) is 2. The van der Waals surface area contributed by atoms with Crippen LogP contribution in [0.2, 0.25) is 0 Å². The van der Waals surface area contributed by atoms with Gasteiger partial charge in [-0.3, -0.25) is 0 Å². The van der Waals surface area contributed by atoms with Crippen LogP contribution in [0.4, 0.5) is 4.39 Å². The highest BCUT2D eigenvalue weighted by Crippen LogP contribution is 2.30. The third-order valence-corrected chi connectivity index (χ3v) is 2.94. The molecule has 2 nitrogen and oxygen atoms in total. The zero-order valence-corrected chi connectivity index (χ0v) is 8.95. The zero-order chi connectivity index (χ0) is 10.7. The summed E-state index contributed by atoms with van der Waals surface area (Å²) in [5.41, 5.74) is 1.14. The highest BCUT2D eigenvalue weighted by atomic mass is 19.1. The summed E-state index contributed by atoms with van der Waals surface area (Å²) in [6, 6.07) is 6.99. The number of hydrogen-bond donors (Lipinski definition) is 0. The molecular weight excluding hydrogens is 193 g/mol. The molecule has 1 atom stereocenters. The molecule has 1 unspecified atom stereocenters. The standard InChI is InChI=1S/C12H16FNO/c1-15-14-9-3-2-4-12(14)10-5-7-11(13)8-6-10/h5-8,12H,2-4,9H2,1H3. The summed E-state index contributed by atoms with van der Waals surface area (Å²) in [6.45, 7) is 0.957. The van der Waals surface area contributed by atoms with Crippen LogP contribution in [0, 0.1) is 5.82 Å². The molecule has 1 saturated heterocycles. The van der Waals surface area contributed by atoms with Crippen LogP contribution in [-0.4, -0.2) is 18.7 Å². The Bertz CT molecular complexity index is 312. The average molecular weight is 209 g/mol. The quantitative estimate of drug-likeness (QED) is 0.742. The lowest BCUT2D eigenvalue weighted by Gasteiger charge is -2.33. The average Bonchev–Trinajstić information content (AvgIpc) is 2.30. The van der Waals surface area contributed by atoms with Crippen molar-refractivity contribution in [3.8, 4) is 0 Å². The molecule has 0 saturated carbocycles. The number of rotatable bonds is 2. The van der Waals surface area contributed by atoms with Crippen molar-refractivity contribution in [2.24, 2.45) is 0 Å².